The van der Waals surface area contributed by atoms with Crippen molar-refractivity contribution >= 4 is 40.0 Å². The minimum atomic E-state index is 0.485. The van der Waals surface area contributed by atoms with Crippen LogP contribution >= 0.6 is 23.2 Å². The molecule has 1 aromatic heterocycles. The Morgan fingerprint density at radius 1 is 1.11 bits per heavy atom. The summed E-state index contributed by atoms with van der Waals surface area (Å²) in [5.41, 5.74) is 8.65. The molecule has 0 amide bonds. The Morgan fingerprint density at radius 2 is 1.84 bits per heavy atom. The minimum Gasteiger partial charge on any atom is -0.440 e. The number of nitrogens with two attached hydrogens (primary N) is 1. The molecule has 96 valence electrons. The van der Waals surface area contributed by atoms with Crippen LogP contribution in [0.25, 0.3) is 11.1 Å². The molecule has 1 heterocycles. The maximum absolute atomic E-state index is 5.95. The van der Waals surface area contributed by atoms with Crippen LogP contribution in [0.1, 0.15) is 11.5 Å². The molecule has 0 aliphatic rings. The number of halogens is 2. The Balaban J connectivity index is 1.95. The Bertz CT molecular complexity index is 696. The number of hydrogen-bond donors (Lipinski definition) is 1. The molecule has 0 atom stereocenters. The third-order valence-corrected chi connectivity index (χ3v) is 3.40. The second-order valence-electron chi connectivity index (χ2n) is 4.25. The molecular formula is C14H10Cl2N2O. The molecule has 3 nitrogen and oxygen atoms in total. The molecule has 3 aromatic rings. The summed E-state index contributed by atoms with van der Waals surface area (Å²) < 4.78 is 5.66. The van der Waals surface area contributed by atoms with E-state index >= 15 is 0 Å². The van der Waals surface area contributed by atoms with Crippen molar-refractivity contribution in [2.45, 2.75) is 6.42 Å². The van der Waals surface area contributed by atoms with Crippen molar-refractivity contribution < 1.29 is 4.42 Å². The fourth-order valence-corrected chi connectivity index (χ4v) is 2.15. The second kappa shape index (κ2) is 4.76. The summed E-state index contributed by atoms with van der Waals surface area (Å²) in [5, 5.41) is 1.19. The third-order valence-electron chi connectivity index (χ3n) is 2.82. The molecule has 0 saturated heterocycles. The predicted octanol–water partition coefficient (Wildman–Crippen LogP) is 4.31. The lowest BCUT2D eigenvalue weighted by Crippen LogP contribution is -1.87. The lowest BCUT2D eigenvalue weighted by Gasteiger charge is -1.96. The van der Waals surface area contributed by atoms with Gasteiger partial charge >= 0.3 is 0 Å². The van der Waals surface area contributed by atoms with E-state index in [2.05, 4.69) is 4.98 Å². The van der Waals surface area contributed by atoms with E-state index in [1.807, 2.05) is 24.3 Å². The van der Waals surface area contributed by atoms with Gasteiger partial charge in [-0.3, -0.25) is 0 Å². The molecular weight excluding hydrogens is 283 g/mol. The number of anilines is 1. The van der Waals surface area contributed by atoms with Crippen molar-refractivity contribution in [1.29, 1.82) is 0 Å². The summed E-state index contributed by atoms with van der Waals surface area (Å²) in [6, 6.07) is 11.0. The standard InChI is InChI=1S/C14H10Cl2N2O/c15-9-3-1-8(2-4-9)5-14-18-12-6-10(16)11(17)7-13(12)19-14/h1-4,6-7H,5,17H2. The molecule has 0 bridgehead atoms. The number of oxazole rings is 1. The second-order valence-corrected chi connectivity index (χ2v) is 5.10. The van der Waals surface area contributed by atoms with E-state index in [1.165, 1.54) is 0 Å². The summed E-state index contributed by atoms with van der Waals surface area (Å²) >= 11 is 11.8. The van der Waals surface area contributed by atoms with Gasteiger partial charge in [0.15, 0.2) is 11.5 Å². The number of rotatable bonds is 2. The Hall–Kier alpha value is -1.71. The smallest absolute Gasteiger partial charge is 0.199 e. The predicted molar refractivity (Wildman–Crippen MR) is 77.7 cm³/mol. The topological polar surface area (TPSA) is 52.0 Å². The van der Waals surface area contributed by atoms with Gasteiger partial charge < -0.3 is 10.2 Å². The van der Waals surface area contributed by atoms with Gasteiger partial charge in [0.25, 0.3) is 0 Å². The third kappa shape index (κ3) is 2.53. The van der Waals surface area contributed by atoms with E-state index < -0.39 is 0 Å². The molecule has 0 spiro atoms. The van der Waals surface area contributed by atoms with Crippen LogP contribution in [0.5, 0.6) is 0 Å². The first kappa shape index (κ1) is 12.3. The molecule has 0 aliphatic heterocycles. The van der Waals surface area contributed by atoms with E-state index in [-0.39, 0.29) is 0 Å². The Morgan fingerprint density at radius 3 is 2.58 bits per heavy atom. The van der Waals surface area contributed by atoms with Crippen LogP contribution in [0.15, 0.2) is 40.8 Å². The van der Waals surface area contributed by atoms with Gasteiger partial charge in [-0.05, 0) is 23.8 Å². The largest absolute Gasteiger partial charge is 0.440 e. The minimum absolute atomic E-state index is 0.485. The van der Waals surface area contributed by atoms with Crippen molar-refractivity contribution in [3.05, 3.63) is 57.9 Å². The zero-order chi connectivity index (χ0) is 13.4. The molecule has 0 saturated carbocycles. The lowest BCUT2D eigenvalue weighted by atomic mass is 10.1. The van der Waals surface area contributed by atoms with Gasteiger partial charge in [0.2, 0.25) is 0 Å². The monoisotopic (exact) mass is 292 g/mol. The molecule has 0 unspecified atom stereocenters. The fraction of sp³-hybridized carbons (Fsp3) is 0.0714. The summed E-state index contributed by atoms with van der Waals surface area (Å²) in [6.45, 7) is 0. The van der Waals surface area contributed by atoms with Gasteiger partial charge in [0, 0.05) is 17.5 Å². The first-order valence-electron chi connectivity index (χ1n) is 5.71. The Labute approximate surface area is 119 Å². The zero-order valence-corrected chi connectivity index (χ0v) is 11.4. The average Bonchev–Trinajstić information content (AvgIpc) is 2.74. The van der Waals surface area contributed by atoms with E-state index in [0.29, 0.717) is 39.1 Å². The number of nitrogen functional groups attached to an aromatic ring is 1. The highest BCUT2D eigenvalue weighted by Gasteiger charge is 2.09. The first-order valence-corrected chi connectivity index (χ1v) is 6.46. The van der Waals surface area contributed by atoms with Crippen LogP contribution in [-0.4, -0.2) is 4.98 Å². The van der Waals surface area contributed by atoms with Crippen molar-refractivity contribution in [3.63, 3.8) is 0 Å². The van der Waals surface area contributed by atoms with E-state index in [9.17, 15) is 0 Å². The maximum Gasteiger partial charge on any atom is 0.199 e. The summed E-state index contributed by atoms with van der Waals surface area (Å²) in [7, 11) is 0. The number of fused-ring (bicyclic) bond motifs is 1. The number of hydrogen-bond acceptors (Lipinski definition) is 3. The molecule has 0 radical (unpaired) electrons. The van der Waals surface area contributed by atoms with Gasteiger partial charge in [-0.15, -0.1) is 0 Å². The van der Waals surface area contributed by atoms with Gasteiger partial charge in [-0.2, -0.15) is 0 Å². The highest BCUT2D eigenvalue weighted by Crippen LogP contribution is 2.27. The van der Waals surface area contributed by atoms with Crippen LogP contribution in [-0.2, 0) is 6.42 Å². The van der Waals surface area contributed by atoms with Gasteiger partial charge in [-0.1, -0.05) is 35.3 Å². The molecule has 0 fully saturated rings. The lowest BCUT2D eigenvalue weighted by molar-refractivity contribution is 0.544. The van der Waals surface area contributed by atoms with Crippen molar-refractivity contribution in [1.82, 2.24) is 4.98 Å². The summed E-state index contributed by atoms with van der Waals surface area (Å²) in [5.74, 6) is 0.624. The maximum atomic E-state index is 5.95. The van der Waals surface area contributed by atoms with Gasteiger partial charge in [0.05, 0.1) is 10.7 Å². The van der Waals surface area contributed by atoms with E-state index in [4.69, 9.17) is 33.4 Å². The van der Waals surface area contributed by atoms with Crippen molar-refractivity contribution in [3.8, 4) is 0 Å². The SMILES string of the molecule is Nc1cc2oc(Cc3ccc(Cl)cc3)nc2cc1Cl. The normalized spacial score (nSPS) is 11.1. The molecule has 3 rings (SSSR count). The van der Waals surface area contributed by atoms with Crippen molar-refractivity contribution in [2.75, 3.05) is 5.73 Å². The molecule has 5 heteroatoms. The highest BCUT2D eigenvalue weighted by atomic mass is 35.5. The molecule has 2 aromatic carbocycles. The van der Waals surface area contributed by atoms with Gasteiger partial charge in [-0.25, -0.2) is 4.98 Å². The highest BCUT2D eigenvalue weighted by molar-refractivity contribution is 6.33. The van der Waals surface area contributed by atoms with Crippen LogP contribution in [0, 0.1) is 0 Å². The van der Waals surface area contributed by atoms with Crippen LogP contribution < -0.4 is 5.73 Å². The quantitative estimate of drug-likeness (QED) is 0.716. The fourth-order valence-electron chi connectivity index (χ4n) is 1.86. The van der Waals surface area contributed by atoms with Crippen LogP contribution in [0.4, 0.5) is 5.69 Å². The van der Waals surface area contributed by atoms with E-state index in [0.717, 1.165) is 5.56 Å². The first-order chi connectivity index (χ1) is 9.11. The Kier molecular flexibility index (Phi) is 3.09. The average molecular weight is 293 g/mol. The molecule has 2 N–H and O–H groups in total. The van der Waals surface area contributed by atoms with Crippen LogP contribution in [0.2, 0.25) is 10.0 Å². The number of benzene rings is 2. The van der Waals surface area contributed by atoms with Crippen molar-refractivity contribution in [2.24, 2.45) is 0 Å². The van der Waals surface area contributed by atoms with Crippen LogP contribution in [0.3, 0.4) is 0 Å². The molecule has 0 aliphatic carbocycles. The zero-order valence-electron chi connectivity index (χ0n) is 9.86. The number of nitrogens with zero attached hydrogens (tertiary/aromatic N) is 1. The van der Waals surface area contributed by atoms with E-state index in [1.54, 1.807) is 12.1 Å². The molecule has 19 heavy (non-hydrogen) atoms. The summed E-state index contributed by atoms with van der Waals surface area (Å²) in [4.78, 5) is 4.39. The summed E-state index contributed by atoms with van der Waals surface area (Å²) in [6.07, 6.45) is 0.601. The number of aromatic nitrogens is 1. The van der Waals surface area contributed by atoms with Gasteiger partial charge in [0.1, 0.15) is 5.52 Å².